The van der Waals surface area contributed by atoms with Crippen molar-refractivity contribution < 1.29 is 4.74 Å². The molecule has 0 radical (unpaired) electrons. The Balaban J connectivity index is 1.83. The highest BCUT2D eigenvalue weighted by Gasteiger charge is 2.13. The molecule has 88 valence electrons. The molecule has 1 aromatic heterocycles. The van der Waals surface area contributed by atoms with Crippen LogP contribution >= 0.6 is 0 Å². The molecular weight excluding hydrogens is 206 g/mol. The Bertz CT molecular complexity index is 327. The van der Waals surface area contributed by atoms with E-state index < -0.39 is 0 Å². The molecule has 0 unspecified atom stereocenters. The van der Waals surface area contributed by atoms with Crippen molar-refractivity contribution in [2.24, 2.45) is 11.8 Å². The molecule has 4 N–H and O–H groups in total. The first-order valence-electron chi connectivity index (χ1n) is 5.49. The van der Waals surface area contributed by atoms with E-state index in [1.165, 1.54) is 6.33 Å². The number of nitrogens with zero attached hydrogens (tertiary/aromatic N) is 2. The average Bonchev–Trinajstić information content (AvgIpc) is 2.38. The Hall–Kier alpha value is -1.40. The molecule has 0 bridgehead atoms. The van der Waals surface area contributed by atoms with Crippen LogP contribution in [0.2, 0.25) is 0 Å². The molecule has 16 heavy (non-hydrogen) atoms. The zero-order chi connectivity index (χ0) is 11.2. The van der Waals surface area contributed by atoms with Crippen molar-refractivity contribution in [1.29, 1.82) is 0 Å². The zero-order valence-corrected chi connectivity index (χ0v) is 9.15. The lowest BCUT2D eigenvalue weighted by Gasteiger charge is -2.22. The third-order valence-corrected chi connectivity index (χ3v) is 2.73. The second kappa shape index (κ2) is 5.62. The molecule has 0 aromatic carbocycles. The van der Waals surface area contributed by atoms with Gasteiger partial charge in [-0.1, -0.05) is 0 Å². The summed E-state index contributed by atoms with van der Waals surface area (Å²) >= 11 is 0. The Morgan fingerprint density at radius 3 is 2.81 bits per heavy atom. The Kier molecular flexibility index (Phi) is 3.90. The number of rotatable bonds is 4. The van der Waals surface area contributed by atoms with Crippen LogP contribution < -0.4 is 16.6 Å². The van der Waals surface area contributed by atoms with Crippen LogP contribution in [-0.4, -0.2) is 29.7 Å². The summed E-state index contributed by atoms with van der Waals surface area (Å²) in [5, 5.41) is 3.29. The van der Waals surface area contributed by atoms with E-state index in [1.807, 2.05) is 0 Å². The van der Waals surface area contributed by atoms with Gasteiger partial charge in [-0.05, 0) is 18.8 Å². The molecule has 2 heterocycles. The number of aromatic nitrogens is 2. The fourth-order valence-corrected chi connectivity index (χ4v) is 1.73. The van der Waals surface area contributed by atoms with Gasteiger partial charge in [0.05, 0.1) is 0 Å². The first kappa shape index (κ1) is 11.1. The molecule has 6 heteroatoms. The second-order valence-corrected chi connectivity index (χ2v) is 3.87. The highest BCUT2D eigenvalue weighted by atomic mass is 16.5. The maximum absolute atomic E-state index is 5.31. The van der Waals surface area contributed by atoms with E-state index in [-0.39, 0.29) is 0 Å². The summed E-state index contributed by atoms with van der Waals surface area (Å²) in [7, 11) is 0. The van der Waals surface area contributed by atoms with Gasteiger partial charge in [0.15, 0.2) is 0 Å². The molecule has 0 saturated carbocycles. The number of nitrogens with one attached hydrogen (secondary N) is 2. The molecular formula is C10H17N5O. The molecule has 0 atom stereocenters. The van der Waals surface area contributed by atoms with E-state index in [1.54, 1.807) is 6.07 Å². The van der Waals surface area contributed by atoms with Gasteiger partial charge in [-0.15, -0.1) is 0 Å². The zero-order valence-electron chi connectivity index (χ0n) is 9.15. The summed E-state index contributed by atoms with van der Waals surface area (Å²) in [5.41, 5.74) is 2.49. The smallest absolute Gasteiger partial charge is 0.145 e. The van der Waals surface area contributed by atoms with Crippen molar-refractivity contribution in [2.75, 3.05) is 30.5 Å². The maximum Gasteiger partial charge on any atom is 0.145 e. The molecule has 1 aliphatic heterocycles. The molecule has 1 aliphatic rings. The van der Waals surface area contributed by atoms with Crippen molar-refractivity contribution in [3.8, 4) is 0 Å². The van der Waals surface area contributed by atoms with E-state index >= 15 is 0 Å². The van der Waals surface area contributed by atoms with E-state index in [0.717, 1.165) is 38.4 Å². The van der Waals surface area contributed by atoms with E-state index in [2.05, 4.69) is 20.7 Å². The topological polar surface area (TPSA) is 85.1 Å². The number of hydrazine groups is 1. The minimum atomic E-state index is 0.615. The highest BCUT2D eigenvalue weighted by Crippen LogP contribution is 2.15. The second-order valence-electron chi connectivity index (χ2n) is 3.87. The van der Waals surface area contributed by atoms with E-state index in [4.69, 9.17) is 10.6 Å². The van der Waals surface area contributed by atoms with Gasteiger partial charge < -0.3 is 15.5 Å². The minimum Gasteiger partial charge on any atom is -0.381 e. The quantitative estimate of drug-likeness (QED) is 0.512. The third kappa shape index (κ3) is 3.04. The first-order valence-corrected chi connectivity index (χ1v) is 5.49. The molecule has 1 fully saturated rings. The number of hydrogen-bond donors (Lipinski definition) is 3. The van der Waals surface area contributed by atoms with Gasteiger partial charge in [-0.3, -0.25) is 0 Å². The number of anilines is 2. The summed E-state index contributed by atoms with van der Waals surface area (Å²) in [6.45, 7) is 2.65. The van der Waals surface area contributed by atoms with Crippen molar-refractivity contribution in [2.45, 2.75) is 12.8 Å². The summed E-state index contributed by atoms with van der Waals surface area (Å²) in [6, 6.07) is 1.79. The Morgan fingerprint density at radius 1 is 1.31 bits per heavy atom. The standard InChI is InChI=1S/C10H17N5O/c11-15-10-5-9(13-7-14-10)12-6-8-1-3-16-4-2-8/h5,7-8H,1-4,6,11H2,(H2,12,13,14,15). The van der Waals surface area contributed by atoms with Crippen molar-refractivity contribution in [1.82, 2.24) is 9.97 Å². The van der Waals surface area contributed by atoms with Crippen LogP contribution in [0.25, 0.3) is 0 Å². The van der Waals surface area contributed by atoms with E-state index in [0.29, 0.717) is 11.7 Å². The van der Waals surface area contributed by atoms with Gasteiger partial charge in [-0.25, -0.2) is 15.8 Å². The van der Waals surface area contributed by atoms with Crippen LogP contribution in [0.15, 0.2) is 12.4 Å². The SMILES string of the molecule is NNc1cc(NCC2CCOCC2)ncn1. The van der Waals surface area contributed by atoms with Gasteiger partial charge in [0, 0.05) is 25.8 Å². The number of hydrogen-bond acceptors (Lipinski definition) is 6. The van der Waals surface area contributed by atoms with Crippen molar-refractivity contribution in [3.05, 3.63) is 12.4 Å². The van der Waals surface area contributed by atoms with Gasteiger partial charge in [-0.2, -0.15) is 0 Å². The summed E-state index contributed by atoms with van der Waals surface area (Å²) in [5.74, 6) is 7.35. The van der Waals surface area contributed by atoms with Gasteiger partial charge in [0.25, 0.3) is 0 Å². The van der Waals surface area contributed by atoms with E-state index in [9.17, 15) is 0 Å². The highest BCUT2D eigenvalue weighted by molar-refractivity contribution is 5.45. The van der Waals surface area contributed by atoms with Crippen LogP contribution in [0.5, 0.6) is 0 Å². The lowest BCUT2D eigenvalue weighted by Crippen LogP contribution is -2.23. The molecule has 1 saturated heterocycles. The van der Waals surface area contributed by atoms with Crippen LogP contribution in [-0.2, 0) is 4.74 Å². The lowest BCUT2D eigenvalue weighted by molar-refractivity contribution is 0.0699. The minimum absolute atomic E-state index is 0.615. The number of ether oxygens (including phenoxy) is 1. The van der Waals surface area contributed by atoms with Crippen LogP contribution in [0, 0.1) is 5.92 Å². The van der Waals surface area contributed by atoms with Crippen LogP contribution in [0.4, 0.5) is 11.6 Å². The Labute approximate surface area is 94.6 Å². The normalized spacial score (nSPS) is 17.1. The predicted molar refractivity (Wildman–Crippen MR) is 61.9 cm³/mol. The predicted octanol–water partition coefficient (Wildman–Crippen LogP) is 0.601. The monoisotopic (exact) mass is 223 g/mol. The fraction of sp³-hybridized carbons (Fsp3) is 0.600. The van der Waals surface area contributed by atoms with Crippen molar-refractivity contribution in [3.63, 3.8) is 0 Å². The molecule has 0 spiro atoms. The van der Waals surface area contributed by atoms with Crippen LogP contribution in [0.1, 0.15) is 12.8 Å². The lowest BCUT2D eigenvalue weighted by atomic mass is 10.0. The van der Waals surface area contributed by atoms with Crippen molar-refractivity contribution >= 4 is 11.6 Å². The summed E-state index contributed by atoms with van der Waals surface area (Å²) in [4.78, 5) is 8.07. The number of nitrogen functional groups attached to an aromatic ring is 1. The van der Waals surface area contributed by atoms with Gasteiger partial charge in [0.1, 0.15) is 18.0 Å². The molecule has 2 rings (SSSR count). The molecule has 6 nitrogen and oxygen atoms in total. The maximum atomic E-state index is 5.31. The summed E-state index contributed by atoms with van der Waals surface area (Å²) < 4.78 is 5.31. The third-order valence-electron chi connectivity index (χ3n) is 2.73. The average molecular weight is 223 g/mol. The first-order chi connectivity index (χ1) is 7.88. The molecule has 0 aliphatic carbocycles. The van der Waals surface area contributed by atoms with Gasteiger partial charge >= 0.3 is 0 Å². The largest absolute Gasteiger partial charge is 0.381 e. The summed E-state index contributed by atoms with van der Waals surface area (Å²) in [6.07, 6.45) is 3.71. The van der Waals surface area contributed by atoms with Gasteiger partial charge in [0.2, 0.25) is 0 Å². The van der Waals surface area contributed by atoms with Crippen LogP contribution in [0.3, 0.4) is 0 Å². The number of nitrogens with two attached hydrogens (primary N) is 1. The molecule has 0 amide bonds. The molecule has 1 aromatic rings. The Morgan fingerprint density at radius 2 is 2.06 bits per heavy atom. The fourth-order valence-electron chi connectivity index (χ4n) is 1.73.